The van der Waals surface area contributed by atoms with E-state index in [-0.39, 0.29) is 19.3 Å². The fourth-order valence-corrected chi connectivity index (χ4v) is 4.56. The molecule has 0 aromatic heterocycles. The van der Waals surface area contributed by atoms with Crippen molar-refractivity contribution in [2.45, 2.75) is 44.9 Å². The zero-order chi connectivity index (χ0) is 20.0. The van der Waals surface area contributed by atoms with Crippen LogP contribution >= 0.6 is 0 Å². The highest BCUT2D eigenvalue weighted by Crippen LogP contribution is 2.41. The average Bonchev–Trinajstić information content (AvgIpc) is 3.05. The Labute approximate surface area is 168 Å². The van der Waals surface area contributed by atoms with Gasteiger partial charge >= 0.3 is 5.97 Å². The number of hydroxylamine groups is 2. The van der Waals surface area contributed by atoms with Crippen LogP contribution in [0.2, 0.25) is 0 Å². The van der Waals surface area contributed by atoms with Gasteiger partial charge in [-0.1, -0.05) is 42.5 Å². The van der Waals surface area contributed by atoms with Gasteiger partial charge in [0.05, 0.1) is 0 Å². The second kappa shape index (κ2) is 6.99. The molecule has 5 heteroatoms. The van der Waals surface area contributed by atoms with Crippen LogP contribution < -0.4 is 0 Å². The van der Waals surface area contributed by atoms with E-state index in [0.717, 1.165) is 19.3 Å². The Kier molecular flexibility index (Phi) is 4.31. The lowest BCUT2D eigenvalue weighted by Gasteiger charge is -2.25. The highest BCUT2D eigenvalue weighted by molar-refractivity contribution is 6.03. The minimum absolute atomic E-state index is 0.113. The second-order valence-corrected chi connectivity index (χ2v) is 7.77. The van der Waals surface area contributed by atoms with Gasteiger partial charge < -0.3 is 4.84 Å². The summed E-state index contributed by atoms with van der Waals surface area (Å²) in [6, 6.07) is 8.68. The number of allylic oxidation sites excluding steroid dienone is 3. The lowest BCUT2D eigenvalue weighted by molar-refractivity contribution is -0.197. The van der Waals surface area contributed by atoms with Gasteiger partial charge in [0, 0.05) is 19.3 Å². The van der Waals surface area contributed by atoms with E-state index in [0.29, 0.717) is 11.5 Å². The SMILES string of the molecule is O=C(CCCc1ccc2ccc3c4c2c1CC=C4CC=C3)ON1C(=O)CCC1=O. The first-order valence-electron chi connectivity index (χ1n) is 10.1. The van der Waals surface area contributed by atoms with Gasteiger partial charge in [-0.25, -0.2) is 4.79 Å². The largest absolute Gasteiger partial charge is 0.333 e. The fraction of sp³-hybridized carbons (Fsp3) is 0.292. The van der Waals surface area contributed by atoms with Crippen molar-refractivity contribution in [2.75, 3.05) is 0 Å². The maximum atomic E-state index is 12.1. The highest BCUT2D eigenvalue weighted by Gasteiger charge is 2.32. The topological polar surface area (TPSA) is 63.7 Å². The molecule has 2 aliphatic carbocycles. The van der Waals surface area contributed by atoms with E-state index in [9.17, 15) is 14.4 Å². The van der Waals surface area contributed by atoms with Crippen molar-refractivity contribution in [1.29, 1.82) is 0 Å². The van der Waals surface area contributed by atoms with Crippen LogP contribution in [-0.2, 0) is 32.1 Å². The van der Waals surface area contributed by atoms with Crippen LogP contribution in [0.3, 0.4) is 0 Å². The van der Waals surface area contributed by atoms with Crippen LogP contribution in [0.4, 0.5) is 0 Å². The predicted octanol–water partition coefficient (Wildman–Crippen LogP) is 4.13. The molecule has 3 aliphatic rings. The first-order valence-corrected chi connectivity index (χ1v) is 10.1. The van der Waals surface area contributed by atoms with E-state index >= 15 is 0 Å². The van der Waals surface area contributed by atoms with Crippen molar-refractivity contribution < 1.29 is 19.2 Å². The normalized spacial score (nSPS) is 17.1. The number of hydrogen-bond donors (Lipinski definition) is 0. The van der Waals surface area contributed by atoms with Crippen molar-refractivity contribution in [2.24, 2.45) is 0 Å². The number of hydrogen-bond acceptors (Lipinski definition) is 4. The Balaban J connectivity index is 1.32. The summed E-state index contributed by atoms with van der Waals surface area (Å²) in [6.07, 6.45) is 10.4. The van der Waals surface area contributed by atoms with E-state index in [1.165, 1.54) is 38.6 Å². The Morgan fingerprint density at radius 2 is 1.83 bits per heavy atom. The molecule has 146 valence electrons. The molecule has 1 aliphatic heterocycles. The molecule has 0 radical (unpaired) electrons. The average molecular weight is 387 g/mol. The standard InChI is InChI=1S/C24H21NO4/c26-20-13-14-21(27)25(20)29-22(28)6-2-3-15-7-8-18-10-9-16-4-1-5-17-11-12-19(15)24(18)23(16)17/h1,4,7-11H,2-3,5-6,12-14H2. The minimum Gasteiger partial charge on any atom is -0.330 e. The van der Waals surface area contributed by atoms with E-state index in [4.69, 9.17) is 4.84 Å². The van der Waals surface area contributed by atoms with Gasteiger partial charge in [-0.2, -0.15) is 0 Å². The third-order valence-corrected chi connectivity index (χ3v) is 5.96. The molecule has 0 spiro atoms. The van der Waals surface area contributed by atoms with Crippen LogP contribution in [0.25, 0.3) is 22.4 Å². The van der Waals surface area contributed by atoms with Crippen molar-refractivity contribution in [1.82, 2.24) is 5.06 Å². The summed E-state index contributed by atoms with van der Waals surface area (Å²) in [5.74, 6) is -1.42. The number of carbonyl (C=O) groups excluding carboxylic acids is 3. The van der Waals surface area contributed by atoms with Gasteiger partial charge in [0.25, 0.3) is 11.8 Å². The van der Waals surface area contributed by atoms with Gasteiger partial charge in [-0.3, -0.25) is 9.59 Å². The molecule has 0 atom stereocenters. The van der Waals surface area contributed by atoms with Gasteiger partial charge in [0.1, 0.15) is 0 Å². The third kappa shape index (κ3) is 3.07. The van der Waals surface area contributed by atoms with Crippen LogP contribution in [0.5, 0.6) is 0 Å². The quantitative estimate of drug-likeness (QED) is 0.724. The number of imide groups is 1. The molecule has 2 aromatic rings. The summed E-state index contributed by atoms with van der Waals surface area (Å²) in [6.45, 7) is 0. The summed E-state index contributed by atoms with van der Waals surface area (Å²) >= 11 is 0. The Hall–Kier alpha value is -3.21. The molecule has 0 N–H and O–H groups in total. The number of rotatable bonds is 5. The van der Waals surface area contributed by atoms with Crippen molar-refractivity contribution >= 4 is 40.2 Å². The lowest BCUT2D eigenvalue weighted by Crippen LogP contribution is -2.32. The summed E-state index contributed by atoms with van der Waals surface area (Å²) in [5.41, 5.74) is 6.63. The molecular formula is C24H21NO4. The highest BCUT2D eigenvalue weighted by atomic mass is 16.7. The predicted molar refractivity (Wildman–Crippen MR) is 109 cm³/mol. The monoisotopic (exact) mass is 387 g/mol. The molecule has 1 fully saturated rings. The van der Waals surface area contributed by atoms with Crippen molar-refractivity contribution in [3.8, 4) is 0 Å². The van der Waals surface area contributed by atoms with Gasteiger partial charge in [-0.15, -0.1) is 5.06 Å². The molecule has 0 unspecified atom stereocenters. The van der Waals surface area contributed by atoms with Gasteiger partial charge in [0.2, 0.25) is 0 Å². The number of aryl methyl sites for hydroxylation is 1. The molecule has 5 rings (SSSR count). The number of nitrogens with zero attached hydrogens (tertiary/aromatic N) is 1. The lowest BCUT2D eigenvalue weighted by atomic mass is 9.79. The maximum Gasteiger partial charge on any atom is 0.333 e. The van der Waals surface area contributed by atoms with Crippen LogP contribution in [0.15, 0.2) is 36.4 Å². The molecule has 29 heavy (non-hydrogen) atoms. The maximum absolute atomic E-state index is 12.1. The number of amides is 2. The van der Waals surface area contributed by atoms with Crippen LogP contribution in [0, 0.1) is 0 Å². The van der Waals surface area contributed by atoms with Crippen molar-refractivity contribution in [3.05, 3.63) is 58.7 Å². The summed E-state index contributed by atoms with van der Waals surface area (Å²) in [4.78, 5) is 40.1. The van der Waals surface area contributed by atoms with E-state index in [1.54, 1.807) is 0 Å². The number of benzene rings is 2. The number of carbonyl (C=O) groups is 3. The minimum atomic E-state index is -0.535. The first kappa shape index (κ1) is 17.9. The van der Waals surface area contributed by atoms with Crippen molar-refractivity contribution in [3.63, 3.8) is 0 Å². The van der Waals surface area contributed by atoms with E-state index < -0.39 is 17.8 Å². The Morgan fingerprint density at radius 1 is 1.03 bits per heavy atom. The Morgan fingerprint density at radius 3 is 2.66 bits per heavy atom. The fourth-order valence-electron chi connectivity index (χ4n) is 4.56. The zero-order valence-corrected chi connectivity index (χ0v) is 16.1. The smallest absolute Gasteiger partial charge is 0.330 e. The molecule has 2 aromatic carbocycles. The molecule has 2 amide bonds. The molecule has 5 nitrogen and oxygen atoms in total. The van der Waals surface area contributed by atoms with Crippen LogP contribution in [-0.4, -0.2) is 22.8 Å². The first-order chi connectivity index (χ1) is 14.1. The molecule has 0 bridgehead atoms. The Bertz CT molecular complexity index is 1110. The van der Waals surface area contributed by atoms with Crippen LogP contribution in [0.1, 0.15) is 54.4 Å². The second-order valence-electron chi connectivity index (χ2n) is 7.77. The van der Waals surface area contributed by atoms with Gasteiger partial charge in [0.15, 0.2) is 0 Å². The summed E-state index contributed by atoms with van der Waals surface area (Å²) in [5, 5.41) is 3.22. The van der Waals surface area contributed by atoms with Gasteiger partial charge in [-0.05, 0) is 64.3 Å². The molecule has 0 saturated carbocycles. The van der Waals surface area contributed by atoms with E-state index in [1.807, 2.05) is 0 Å². The molecule has 1 heterocycles. The summed E-state index contributed by atoms with van der Waals surface area (Å²) in [7, 11) is 0. The van der Waals surface area contributed by atoms with E-state index in [2.05, 4.69) is 42.5 Å². The molecule has 1 saturated heterocycles. The third-order valence-electron chi connectivity index (χ3n) is 5.96. The zero-order valence-electron chi connectivity index (χ0n) is 16.1. The summed E-state index contributed by atoms with van der Waals surface area (Å²) < 4.78 is 0. The molecular weight excluding hydrogens is 366 g/mol.